The first-order valence-corrected chi connectivity index (χ1v) is 10.5. The fourth-order valence-electron chi connectivity index (χ4n) is 3.35. The lowest BCUT2D eigenvalue weighted by Gasteiger charge is -2.08. The van der Waals surface area contributed by atoms with Crippen LogP contribution in [-0.2, 0) is 0 Å². The molecular formula is C21H16N8O3S. The second-order valence-electron chi connectivity index (χ2n) is 6.75. The maximum Gasteiger partial charge on any atom is 0.294 e. The fourth-order valence-corrected chi connectivity index (χ4v) is 4.11. The first-order valence-electron chi connectivity index (χ1n) is 9.64. The number of hydrogen-bond acceptors (Lipinski definition) is 10. The number of anilines is 1. The molecule has 0 unspecified atom stereocenters. The molecular weight excluding hydrogens is 444 g/mol. The van der Waals surface area contributed by atoms with E-state index in [4.69, 9.17) is 10.5 Å². The number of methoxy groups -OCH3 is 1. The molecule has 0 aliphatic rings. The summed E-state index contributed by atoms with van der Waals surface area (Å²) in [6.07, 6.45) is 1.54. The van der Waals surface area contributed by atoms with Gasteiger partial charge in [0.05, 0.1) is 18.2 Å². The average molecular weight is 460 g/mol. The van der Waals surface area contributed by atoms with Gasteiger partial charge in [-0.25, -0.2) is 10.1 Å². The Morgan fingerprint density at radius 3 is 2.85 bits per heavy atom. The number of carbonyl (C=O) groups is 1. The quantitative estimate of drug-likeness (QED) is 0.290. The van der Waals surface area contributed by atoms with Crippen LogP contribution in [0.2, 0.25) is 0 Å². The van der Waals surface area contributed by atoms with Crippen molar-refractivity contribution >= 4 is 40.0 Å². The molecule has 0 atom stereocenters. The van der Waals surface area contributed by atoms with E-state index in [-0.39, 0.29) is 17.3 Å². The Morgan fingerprint density at radius 2 is 2.09 bits per heavy atom. The van der Waals surface area contributed by atoms with Crippen LogP contribution in [0.4, 0.5) is 5.82 Å². The van der Waals surface area contributed by atoms with Crippen molar-refractivity contribution in [3.05, 3.63) is 65.2 Å². The van der Waals surface area contributed by atoms with Gasteiger partial charge in [-0.3, -0.25) is 4.79 Å². The maximum atomic E-state index is 13.0. The minimum atomic E-state index is -0.560. The van der Waals surface area contributed by atoms with Gasteiger partial charge in [0, 0.05) is 5.56 Å². The van der Waals surface area contributed by atoms with Crippen molar-refractivity contribution in [2.75, 3.05) is 12.8 Å². The van der Waals surface area contributed by atoms with Gasteiger partial charge in [0.15, 0.2) is 5.69 Å². The van der Waals surface area contributed by atoms with Crippen molar-refractivity contribution in [3.63, 3.8) is 0 Å². The molecule has 0 spiro atoms. The van der Waals surface area contributed by atoms with Crippen LogP contribution in [0.5, 0.6) is 5.75 Å². The zero-order valence-corrected chi connectivity index (χ0v) is 18.0. The highest BCUT2D eigenvalue weighted by Gasteiger charge is 2.25. The molecule has 5 rings (SSSR count). The summed E-state index contributed by atoms with van der Waals surface area (Å²) in [6.45, 7) is 0. The van der Waals surface area contributed by atoms with Crippen LogP contribution >= 0.6 is 11.3 Å². The van der Waals surface area contributed by atoms with E-state index < -0.39 is 5.91 Å². The third-order valence-electron chi connectivity index (χ3n) is 4.85. The second-order valence-corrected chi connectivity index (χ2v) is 7.70. The molecule has 0 saturated carbocycles. The van der Waals surface area contributed by atoms with Gasteiger partial charge in [-0.15, -0.1) is 16.4 Å². The number of nitrogens with one attached hydrogen (secondary N) is 1. The van der Waals surface area contributed by atoms with Gasteiger partial charge in [0.2, 0.25) is 11.6 Å². The Labute approximate surface area is 190 Å². The van der Waals surface area contributed by atoms with Crippen molar-refractivity contribution in [1.29, 1.82) is 0 Å². The normalized spacial score (nSPS) is 11.3. The molecule has 12 heteroatoms. The smallest absolute Gasteiger partial charge is 0.294 e. The van der Waals surface area contributed by atoms with Crippen LogP contribution in [-0.4, -0.2) is 44.5 Å². The van der Waals surface area contributed by atoms with Crippen molar-refractivity contribution in [3.8, 4) is 22.1 Å². The lowest BCUT2D eigenvalue weighted by molar-refractivity contribution is 0.0950. The Morgan fingerprint density at radius 1 is 1.21 bits per heavy atom. The topological polar surface area (TPSA) is 146 Å². The number of hydrazone groups is 1. The van der Waals surface area contributed by atoms with Gasteiger partial charge in [0.1, 0.15) is 11.4 Å². The third kappa shape index (κ3) is 3.68. The van der Waals surface area contributed by atoms with E-state index in [0.717, 1.165) is 21.2 Å². The highest BCUT2D eigenvalue weighted by atomic mass is 32.1. The zero-order chi connectivity index (χ0) is 22.8. The highest BCUT2D eigenvalue weighted by molar-refractivity contribution is 7.13. The molecule has 0 fully saturated rings. The number of nitrogens with two attached hydrogens (primary N) is 1. The molecule has 3 aromatic heterocycles. The van der Waals surface area contributed by atoms with Crippen molar-refractivity contribution in [2.45, 2.75) is 0 Å². The Kier molecular flexibility index (Phi) is 5.24. The molecule has 33 heavy (non-hydrogen) atoms. The molecule has 5 aromatic rings. The number of aromatic nitrogens is 5. The molecule has 0 bridgehead atoms. The van der Waals surface area contributed by atoms with Crippen molar-refractivity contribution in [2.24, 2.45) is 5.10 Å². The first kappa shape index (κ1) is 20.3. The van der Waals surface area contributed by atoms with E-state index in [1.807, 2.05) is 53.9 Å². The number of amides is 1. The van der Waals surface area contributed by atoms with Crippen LogP contribution in [0.15, 0.2) is 63.6 Å². The lowest BCUT2D eigenvalue weighted by atomic mass is 10.0. The van der Waals surface area contributed by atoms with Gasteiger partial charge in [-0.1, -0.05) is 41.6 Å². The van der Waals surface area contributed by atoms with E-state index in [0.29, 0.717) is 11.4 Å². The predicted octanol–water partition coefficient (Wildman–Crippen LogP) is 2.89. The summed E-state index contributed by atoms with van der Waals surface area (Å²) in [5.74, 6) is 0.223. The average Bonchev–Trinajstić information content (AvgIpc) is 3.59. The molecule has 1 amide bonds. The molecule has 11 nitrogen and oxygen atoms in total. The monoisotopic (exact) mass is 460 g/mol. The Balaban J connectivity index is 1.49. The van der Waals surface area contributed by atoms with E-state index in [1.165, 1.54) is 22.2 Å². The standard InChI is InChI=1S/C21H16N8O3S/c1-31-15-9-8-12-5-2-3-6-13(12)14(15)11-23-25-21(30)17-18(16-7-4-10-33-16)29(28-24-17)20-19(22)26-32-27-20/h2-11H,1H3,(H2,22,26)(H,25,30)/b23-11+. The minimum absolute atomic E-state index is 0.0192. The summed E-state index contributed by atoms with van der Waals surface area (Å²) in [5.41, 5.74) is 9.49. The molecule has 0 aliphatic heterocycles. The number of hydrogen-bond donors (Lipinski definition) is 2. The lowest BCUT2D eigenvalue weighted by Crippen LogP contribution is -2.19. The summed E-state index contributed by atoms with van der Waals surface area (Å²) >= 11 is 1.40. The number of fused-ring (bicyclic) bond motifs is 1. The van der Waals surface area contributed by atoms with Gasteiger partial charge in [0.25, 0.3) is 5.91 Å². The molecule has 2 aromatic carbocycles. The van der Waals surface area contributed by atoms with E-state index in [1.54, 1.807) is 7.11 Å². The molecule has 0 radical (unpaired) electrons. The minimum Gasteiger partial charge on any atom is -0.496 e. The summed E-state index contributed by atoms with van der Waals surface area (Å²) in [5, 5.41) is 23.3. The van der Waals surface area contributed by atoms with E-state index in [2.05, 4.69) is 35.8 Å². The van der Waals surface area contributed by atoms with Crippen LogP contribution in [0.3, 0.4) is 0 Å². The summed E-state index contributed by atoms with van der Waals surface area (Å²) in [6, 6.07) is 15.3. The van der Waals surface area contributed by atoms with Crippen LogP contribution in [0.25, 0.3) is 27.2 Å². The predicted molar refractivity (Wildman–Crippen MR) is 123 cm³/mol. The highest BCUT2D eigenvalue weighted by Crippen LogP contribution is 2.30. The van der Waals surface area contributed by atoms with Gasteiger partial charge in [-0.05, 0) is 38.6 Å². The van der Waals surface area contributed by atoms with E-state index >= 15 is 0 Å². The van der Waals surface area contributed by atoms with Gasteiger partial charge in [-0.2, -0.15) is 9.78 Å². The second kappa shape index (κ2) is 8.51. The maximum absolute atomic E-state index is 13.0. The number of nitrogen functional groups attached to an aromatic ring is 1. The molecule has 3 N–H and O–H groups in total. The molecule has 164 valence electrons. The third-order valence-corrected chi connectivity index (χ3v) is 5.72. The number of ether oxygens (including phenoxy) is 1. The molecule has 0 aliphatic carbocycles. The van der Waals surface area contributed by atoms with E-state index in [9.17, 15) is 4.79 Å². The number of rotatable bonds is 6. The largest absolute Gasteiger partial charge is 0.496 e. The number of thiophene rings is 1. The number of carbonyl (C=O) groups excluding carboxylic acids is 1. The van der Waals surface area contributed by atoms with Crippen LogP contribution in [0, 0.1) is 0 Å². The fraction of sp³-hybridized carbons (Fsp3) is 0.0476. The van der Waals surface area contributed by atoms with Gasteiger partial charge >= 0.3 is 0 Å². The summed E-state index contributed by atoms with van der Waals surface area (Å²) < 4.78 is 11.4. The van der Waals surface area contributed by atoms with Crippen molar-refractivity contribution < 1.29 is 14.2 Å². The first-order chi connectivity index (χ1) is 16.2. The Hall–Kier alpha value is -4.58. The number of benzene rings is 2. The van der Waals surface area contributed by atoms with Crippen LogP contribution in [0.1, 0.15) is 16.1 Å². The van der Waals surface area contributed by atoms with Gasteiger partial charge < -0.3 is 10.5 Å². The zero-order valence-electron chi connectivity index (χ0n) is 17.2. The summed E-state index contributed by atoms with van der Waals surface area (Å²) in [7, 11) is 1.58. The molecule has 0 saturated heterocycles. The SMILES string of the molecule is COc1ccc2ccccc2c1/C=N/NC(=O)c1nnn(-c2nonc2N)c1-c1cccs1. The Bertz CT molecular complexity index is 1470. The summed E-state index contributed by atoms with van der Waals surface area (Å²) in [4.78, 5) is 13.7. The van der Waals surface area contributed by atoms with Crippen LogP contribution < -0.4 is 15.9 Å². The number of nitrogens with zero attached hydrogens (tertiary/aromatic N) is 6. The van der Waals surface area contributed by atoms with Crippen molar-refractivity contribution in [1.82, 2.24) is 30.7 Å². The molecule has 3 heterocycles.